The quantitative estimate of drug-likeness (QED) is 0.466. The Labute approximate surface area is 201 Å². The number of hydrogen-bond acceptors (Lipinski definition) is 3. The van der Waals surface area contributed by atoms with Crippen LogP contribution in [0.1, 0.15) is 35.2 Å². The van der Waals surface area contributed by atoms with Crippen molar-refractivity contribution in [2.45, 2.75) is 19.3 Å². The van der Waals surface area contributed by atoms with Crippen LogP contribution in [0.25, 0.3) is 27.4 Å². The Morgan fingerprint density at radius 3 is 2.83 bits per heavy atom. The average Bonchev–Trinajstić information content (AvgIpc) is 3.54. The monoisotopic (exact) mass is 471 g/mol. The second-order valence-corrected chi connectivity index (χ2v) is 9.42. The molecule has 2 aliphatic rings. The average molecular weight is 472 g/mol. The van der Waals surface area contributed by atoms with Gasteiger partial charge in [-0.2, -0.15) is 5.10 Å². The highest BCUT2D eigenvalue weighted by Gasteiger charge is 2.32. The number of H-pyrrole nitrogens is 2. The summed E-state index contributed by atoms with van der Waals surface area (Å²) in [6.45, 7) is 2.29. The van der Waals surface area contributed by atoms with Crippen LogP contribution in [0.3, 0.4) is 0 Å². The number of nitrogens with one attached hydrogen (secondary N) is 2. The van der Waals surface area contributed by atoms with Gasteiger partial charge in [0.05, 0.1) is 17.6 Å². The van der Waals surface area contributed by atoms with Gasteiger partial charge < -0.3 is 14.8 Å². The molecule has 178 valence electrons. The number of hydrogen-bond donors (Lipinski definition) is 2. The minimum atomic E-state index is -0.262. The highest BCUT2D eigenvalue weighted by Crippen LogP contribution is 2.31. The van der Waals surface area contributed by atoms with Gasteiger partial charge in [-0.15, -0.1) is 0 Å². The number of carbonyl (C=O) groups excluding carboxylic acids is 2. The first-order chi connectivity index (χ1) is 17.1. The molecule has 0 spiro atoms. The van der Waals surface area contributed by atoms with Crippen LogP contribution in [0.2, 0.25) is 0 Å². The van der Waals surface area contributed by atoms with Gasteiger partial charge in [0.1, 0.15) is 5.82 Å². The third-order valence-electron chi connectivity index (χ3n) is 7.26. The summed E-state index contributed by atoms with van der Waals surface area (Å²) in [6.07, 6.45) is 8.08. The van der Waals surface area contributed by atoms with E-state index in [9.17, 15) is 14.0 Å². The Kier molecular flexibility index (Phi) is 5.36. The van der Waals surface area contributed by atoms with Gasteiger partial charge in [0.2, 0.25) is 5.91 Å². The van der Waals surface area contributed by atoms with Crippen LogP contribution in [0.5, 0.6) is 0 Å². The van der Waals surface area contributed by atoms with Crippen molar-refractivity contribution in [1.29, 1.82) is 0 Å². The molecule has 2 N–H and O–H groups in total. The maximum absolute atomic E-state index is 13.5. The van der Waals surface area contributed by atoms with Crippen molar-refractivity contribution < 1.29 is 14.0 Å². The number of aromatic amines is 2. The van der Waals surface area contributed by atoms with Crippen molar-refractivity contribution >= 4 is 39.2 Å². The van der Waals surface area contributed by atoms with E-state index in [0.717, 1.165) is 46.6 Å². The molecule has 4 aromatic rings. The molecule has 0 bridgehead atoms. The number of aromatic nitrogens is 3. The molecule has 1 unspecified atom stereocenters. The molecular formula is C27H26FN5O2. The van der Waals surface area contributed by atoms with Crippen LogP contribution in [-0.2, 0) is 4.79 Å². The lowest BCUT2D eigenvalue weighted by atomic mass is 9.94. The van der Waals surface area contributed by atoms with E-state index in [4.69, 9.17) is 0 Å². The van der Waals surface area contributed by atoms with Crippen molar-refractivity contribution in [2.24, 2.45) is 5.92 Å². The number of halogens is 1. The highest BCUT2D eigenvalue weighted by atomic mass is 19.1. The largest absolute Gasteiger partial charge is 0.360 e. The van der Waals surface area contributed by atoms with Crippen LogP contribution in [0.4, 0.5) is 4.39 Å². The molecule has 4 heterocycles. The van der Waals surface area contributed by atoms with Gasteiger partial charge in [0.15, 0.2) is 0 Å². The Bertz CT molecular complexity index is 1470. The van der Waals surface area contributed by atoms with Gasteiger partial charge in [-0.25, -0.2) is 4.39 Å². The molecule has 1 fully saturated rings. The Morgan fingerprint density at radius 2 is 1.97 bits per heavy atom. The number of benzene rings is 2. The first-order valence-electron chi connectivity index (χ1n) is 12.0. The van der Waals surface area contributed by atoms with E-state index in [1.807, 2.05) is 34.2 Å². The number of carbonyl (C=O) groups is 2. The summed E-state index contributed by atoms with van der Waals surface area (Å²) >= 11 is 0. The second-order valence-electron chi connectivity index (χ2n) is 9.42. The van der Waals surface area contributed by atoms with E-state index < -0.39 is 0 Å². The Morgan fingerprint density at radius 1 is 1.06 bits per heavy atom. The van der Waals surface area contributed by atoms with Gasteiger partial charge >= 0.3 is 0 Å². The first-order valence-corrected chi connectivity index (χ1v) is 12.0. The molecule has 0 aliphatic carbocycles. The molecule has 2 aromatic carbocycles. The van der Waals surface area contributed by atoms with Gasteiger partial charge in [0.25, 0.3) is 5.91 Å². The molecule has 7 nitrogen and oxygen atoms in total. The summed E-state index contributed by atoms with van der Waals surface area (Å²) in [5.74, 6) is -0.370. The van der Waals surface area contributed by atoms with Crippen molar-refractivity contribution in [3.05, 3.63) is 71.8 Å². The second kappa shape index (κ2) is 8.69. The fraction of sp³-hybridized carbons (Fsp3) is 0.296. The fourth-order valence-electron chi connectivity index (χ4n) is 5.36. The normalized spacial score (nSPS) is 18.8. The molecule has 2 amide bonds. The summed E-state index contributed by atoms with van der Waals surface area (Å²) in [5.41, 5.74) is 4.53. The van der Waals surface area contributed by atoms with Crippen LogP contribution in [-0.4, -0.2) is 63.0 Å². The van der Waals surface area contributed by atoms with E-state index in [0.29, 0.717) is 31.7 Å². The lowest BCUT2D eigenvalue weighted by molar-refractivity contribution is -0.136. The molecule has 35 heavy (non-hydrogen) atoms. The minimum absolute atomic E-state index is 0.0396. The standard InChI is InChI=1S/C27H26FN5O2/c28-21-4-5-22-23(15-29-25(22)13-21)17-7-10-32(11-8-17)27(35)19-2-1-9-33(16-19)26(34)18-3-6-24-20(12-18)14-30-31-24/h3-7,12-15,19,29H,1-2,8-11,16H2,(H,30,31). The number of piperidine rings is 1. The van der Waals surface area contributed by atoms with E-state index >= 15 is 0 Å². The van der Waals surface area contributed by atoms with E-state index in [1.54, 1.807) is 12.3 Å². The zero-order valence-electron chi connectivity index (χ0n) is 19.3. The number of fused-ring (bicyclic) bond motifs is 2. The van der Waals surface area contributed by atoms with Gasteiger partial charge in [0, 0.05) is 59.8 Å². The fourth-order valence-corrected chi connectivity index (χ4v) is 5.36. The van der Waals surface area contributed by atoms with Crippen molar-refractivity contribution in [3.63, 3.8) is 0 Å². The number of amides is 2. The molecule has 6 rings (SSSR count). The topological polar surface area (TPSA) is 85.1 Å². The van der Waals surface area contributed by atoms with E-state index in [2.05, 4.69) is 21.3 Å². The lowest BCUT2D eigenvalue weighted by Gasteiger charge is -2.36. The van der Waals surface area contributed by atoms with Crippen LogP contribution in [0, 0.1) is 11.7 Å². The summed E-state index contributed by atoms with van der Waals surface area (Å²) in [5, 5.41) is 8.81. The molecule has 0 saturated carbocycles. The first kappa shape index (κ1) is 21.6. The molecule has 2 aliphatic heterocycles. The number of likely N-dealkylation sites (tertiary alicyclic amines) is 1. The Balaban J connectivity index is 1.13. The van der Waals surface area contributed by atoms with Crippen molar-refractivity contribution in [3.8, 4) is 0 Å². The predicted molar refractivity (Wildman–Crippen MR) is 132 cm³/mol. The lowest BCUT2D eigenvalue weighted by Crippen LogP contribution is -2.47. The van der Waals surface area contributed by atoms with Crippen LogP contribution >= 0.6 is 0 Å². The number of rotatable bonds is 3. The molecule has 1 saturated heterocycles. The molecular weight excluding hydrogens is 445 g/mol. The molecule has 0 radical (unpaired) electrons. The van der Waals surface area contributed by atoms with Gasteiger partial charge in [-0.05, 0) is 61.2 Å². The highest BCUT2D eigenvalue weighted by molar-refractivity contribution is 5.98. The Hall–Kier alpha value is -3.94. The van der Waals surface area contributed by atoms with Gasteiger partial charge in [-0.1, -0.05) is 6.08 Å². The molecule has 2 aromatic heterocycles. The zero-order chi connectivity index (χ0) is 23.9. The summed E-state index contributed by atoms with van der Waals surface area (Å²) in [4.78, 5) is 33.3. The van der Waals surface area contributed by atoms with E-state index in [1.165, 1.54) is 17.7 Å². The van der Waals surface area contributed by atoms with Crippen LogP contribution in [0.15, 0.2) is 54.9 Å². The zero-order valence-corrected chi connectivity index (χ0v) is 19.3. The van der Waals surface area contributed by atoms with Crippen molar-refractivity contribution in [1.82, 2.24) is 25.0 Å². The maximum atomic E-state index is 13.5. The molecule has 8 heteroatoms. The summed E-state index contributed by atoms with van der Waals surface area (Å²) < 4.78 is 13.5. The van der Waals surface area contributed by atoms with E-state index in [-0.39, 0.29) is 23.5 Å². The smallest absolute Gasteiger partial charge is 0.253 e. The van der Waals surface area contributed by atoms with Crippen molar-refractivity contribution in [2.75, 3.05) is 26.2 Å². The minimum Gasteiger partial charge on any atom is -0.360 e. The van der Waals surface area contributed by atoms with Crippen LogP contribution < -0.4 is 0 Å². The predicted octanol–water partition coefficient (Wildman–Crippen LogP) is 4.35. The van der Waals surface area contributed by atoms with Gasteiger partial charge in [-0.3, -0.25) is 14.7 Å². The maximum Gasteiger partial charge on any atom is 0.253 e. The third kappa shape index (κ3) is 3.99. The molecule has 1 atom stereocenters. The number of nitrogens with zero attached hydrogens (tertiary/aromatic N) is 3. The summed E-state index contributed by atoms with van der Waals surface area (Å²) in [7, 11) is 0. The third-order valence-corrected chi connectivity index (χ3v) is 7.26. The summed E-state index contributed by atoms with van der Waals surface area (Å²) in [6, 6.07) is 10.3. The SMILES string of the molecule is O=C(c1ccc2[nH]ncc2c1)N1CCCC(C(=O)N2CC=C(c3c[nH]c4cc(F)ccc34)CC2)C1.